The maximum Gasteiger partial charge on any atom is 0.211 e. The lowest BCUT2D eigenvalue weighted by molar-refractivity contribution is 0.398. The molecular weight excluding hydrogens is 266 g/mol. The summed E-state index contributed by atoms with van der Waals surface area (Å²) >= 11 is 0. The van der Waals surface area contributed by atoms with Gasteiger partial charge in [0.25, 0.3) is 0 Å². The molecule has 0 aliphatic heterocycles. The zero-order valence-electron chi connectivity index (χ0n) is 11.6. The molecule has 0 amide bonds. The Hall–Kier alpha value is -1.27. The largest absolute Gasteiger partial charge is 0.497 e. The van der Waals surface area contributed by atoms with Crippen LogP contribution in [0.2, 0.25) is 0 Å². The highest BCUT2D eigenvalue weighted by molar-refractivity contribution is 7.89. The second-order valence-electron chi connectivity index (χ2n) is 4.14. The summed E-state index contributed by atoms with van der Waals surface area (Å²) in [6.07, 6.45) is 1.17. The van der Waals surface area contributed by atoms with E-state index in [0.29, 0.717) is 19.4 Å². The molecule has 1 N–H and O–H groups in total. The monoisotopic (exact) mass is 287 g/mol. The fourth-order valence-corrected chi connectivity index (χ4v) is 2.85. The van der Waals surface area contributed by atoms with Gasteiger partial charge in [0.05, 0.1) is 20.0 Å². The van der Waals surface area contributed by atoms with Crippen molar-refractivity contribution >= 4 is 10.0 Å². The van der Waals surface area contributed by atoms with Gasteiger partial charge in [0.2, 0.25) is 10.0 Å². The third-order valence-corrected chi connectivity index (χ3v) is 4.27. The molecule has 1 aromatic rings. The molecule has 108 valence electrons. The molecule has 0 heterocycles. The van der Waals surface area contributed by atoms with Gasteiger partial charge in [-0.3, -0.25) is 0 Å². The molecule has 6 heteroatoms. The van der Waals surface area contributed by atoms with Crippen molar-refractivity contribution in [3.8, 4) is 11.5 Å². The smallest absolute Gasteiger partial charge is 0.211 e. The number of rotatable bonds is 8. The molecule has 0 saturated heterocycles. The molecule has 0 radical (unpaired) electrons. The molecule has 5 nitrogen and oxygen atoms in total. The van der Waals surface area contributed by atoms with Crippen LogP contribution in [0.1, 0.15) is 18.9 Å². The number of benzene rings is 1. The summed E-state index contributed by atoms with van der Waals surface area (Å²) in [7, 11) is 0.0235. The van der Waals surface area contributed by atoms with Crippen LogP contribution in [0, 0.1) is 0 Å². The van der Waals surface area contributed by atoms with Gasteiger partial charge in [-0.1, -0.05) is 6.92 Å². The number of sulfonamides is 1. The number of hydrogen-bond acceptors (Lipinski definition) is 4. The van der Waals surface area contributed by atoms with Crippen LogP contribution in [0.4, 0.5) is 0 Å². The minimum atomic E-state index is -3.16. The summed E-state index contributed by atoms with van der Waals surface area (Å²) in [6, 6.07) is 5.48. The summed E-state index contributed by atoms with van der Waals surface area (Å²) in [4.78, 5) is 0. The fraction of sp³-hybridized carbons (Fsp3) is 0.538. The van der Waals surface area contributed by atoms with Crippen LogP contribution >= 0.6 is 0 Å². The Kier molecular flexibility index (Phi) is 6.11. The van der Waals surface area contributed by atoms with E-state index in [1.165, 1.54) is 0 Å². The van der Waals surface area contributed by atoms with Gasteiger partial charge in [0, 0.05) is 6.54 Å². The number of ether oxygens (including phenoxy) is 2. The Morgan fingerprint density at radius 2 is 1.95 bits per heavy atom. The SMILES string of the molecule is CCCS(=O)(=O)NCCc1cc(OC)ccc1OC. The minimum absolute atomic E-state index is 0.155. The summed E-state index contributed by atoms with van der Waals surface area (Å²) in [6.45, 7) is 2.19. The highest BCUT2D eigenvalue weighted by atomic mass is 32.2. The standard InChI is InChI=1S/C13H21NO4S/c1-4-9-19(15,16)14-8-7-11-10-12(17-2)5-6-13(11)18-3/h5-6,10,14H,4,7-9H2,1-3H3. The second kappa shape index (κ2) is 7.35. The summed E-state index contributed by atoms with van der Waals surface area (Å²) in [5, 5.41) is 0. The van der Waals surface area contributed by atoms with E-state index in [1.807, 2.05) is 25.1 Å². The van der Waals surface area contributed by atoms with Gasteiger partial charge < -0.3 is 9.47 Å². The molecule has 0 fully saturated rings. The van der Waals surface area contributed by atoms with Crippen molar-refractivity contribution in [3.63, 3.8) is 0 Å². The number of methoxy groups -OCH3 is 2. The summed E-state index contributed by atoms with van der Waals surface area (Å²) in [5.41, 5.74) is 0.918. The van der Waals surface area contributed by atoms with Crippen molar-refractivity contribution in [1.82, 2.24) is 4.72 Å². The molecule has 1 rings (SSSR count). The summed E-state index contributed by atoms with van der Waals surface area (Å²) < 4.78 is 36.0. The van der Waals surface area contributed by atoms with E-state index in [1.54, 1.807) is 14.2 Å². The van der Waals surface area contributed by atoms with E-state index < -0.39 is 10.0 Å². The normalized spacial score (nSPS) is 11.3. The average molecular weight is 287 g/mol. The molecule has 0 unspecified atom stereocenters. The van der Waals surface area contributed by atoms with Gasteiger partial charge >= 0.3 is 0 Å². The van der Waals surface area contributed by atoms with Crippen molar-refractivity contribution < 1.29 is 17.9 Å². The predicted molar refractivity (Wildman–Crippen MR) is 75.3 cm³/mol. The van der Waals surface area contributed by atoms with Crippen LogP contribution in [0.25, 0.3) is 0 Å². The zero-order valence-corrected chi connectivity index (χ0v) is 12.4. The van der Waals surface area contributed by atoms with E-state index in [9.17, 15) is 8.42 Å². The highest BCUT2D eigenvalue weighted by Gasteiger charge is 2.09. The van der Waals surface area contributed by atoms with Crippen molar-refractivity contribution in [3.05, 3.63) is 23.8 Å². The molecular formula is C13H21NO4S. The predicted octanol–water partition coefficient (Wildman–Crippen LogP) is 1.58. The van der Waals surface area contributed by atoms with Crippen LogP contribution in [0.5, 0.6) is 11.5 Å². The Bertz CT molecular complexity index is 499. The molecule has 19 heavy (non-hydrogen) atoms. The van der Waals surface area contributed by atoms with Gasteiger partial charge in [-0.2, -0.15) is 0 Å². The first kappa shape index (κ1) is 15.8. The third-order valence-electron chi connectivity index (χ3n) is 2.68. The maximum absolute atomic E-state index is 11.5. The van der Waals surface area contributed by atoms with Crippen molar-refractivity contribution in [2.24, 2.45) is 0 Å². The van der Waals surface area contributed by atoms with E-state index in [2.05, 4.69) is 4.72 Å². The first-order valence-electron chi connectivity index (χ1n) is 6.20. The Balaban J connectivity index is 2.66. The topological polar surface area (TPSA) is 64.6 Å². The van der Waals surface area contributed by atoms with Gasteiger partial charge in [-0.05, 0) is 36.6 Å². The highest BCUT2D eigenvalue weighted by Crippen LogP contribution is 2.24. The quantitative estimate of drug-likeness (QED) is 0.788. The number of hydrogen-bond donors (Lipinski definition) is 1. The molecule has 0 bridgehead atoms. The van der Waals surface area contributed by atoms with Gasteiger partial charge in [-0.15, -0.1) is 0 Å². The van der Waals surface area contributed by atoms with Crippen LogP contribution in [0.15, 0.2) is 18.2 Å². The molecule has 0 saturated carbocycles. The number of nitrogens with one attached hydrogen (secondary N) is 1. The Morgan fingerprint density at radius 1 is 1.21 bits per heavy atom. The van der Waals surface area contributed by atoms with Crippen molar-refractivity contribution in [2.45, 2.75) is 19.8 Å². The fourth-order valence-electron chi connectivity index (χ4n) is 1.76. The lowest BCUT2D eigenvalue weighted by atomic mass is 10.1. The maximum atomic E-state index is 11.5. The van der Waals surface area contributed by atoms with E-state index >= 15 is 0 Å². The molecule has 0 atom stereocenters. The van der Waals surface area contributed by atoms with E-state index in [-0.39, 0.29) is 5.75 Å². The molecule has 1 aromatic carbocycles. The lowest BCUT2D eigenvalue weighted by Crippen LogP contribution is -2.28. The molecule has 0 aliphatic carbocycles. The van der Waals surface area contributed by atoms with Crippen LogP contribution in [-0.2, 0) is 16.4 Å². The first-order chi connectivity index (χ1) is 9.02. The van der Waals surface area contributed by atoms with E-state index in [0.717, 1.165) is 17.1 Å². The first-order valence-corrected chi connectivity index (χ1v) is 7.86. The molecule has 0 aromatic heterocycles. The van der Waals surface area contributed by atoms with Gasteiger partial charge in [0.15, 0.2) is 0 Å². The van der Waals surface area contributed by atoms with Crippen LogP contribution < -0.4 is 14.2 Å². The van der Waals surface area contributed by atoms with Gasteiger partial charge in [0.1, 0.15) is 11.5 Å². The van der Waals surface area contributed by atoms with Crippen molar-refractivity contribution in [2.75, 3.05) is 26.5 Å². The molecule has 0 aliphatic rings. The van der Waals surface area contributed by atoms with Gasteiger partial charge in [-0.25, -0.2) is 13.1 Å². The van der Waals surface area contributed by atoms with Crippen molar-refractivity contribution in [1.29, 1.82) is 0 Å². The van der Waals surface area contributed by atoms with Crippen LogP contribution in [-0.4, -0.2) is 34.9 Å². The second-order valence-corrected chi connectivity index (χ2v) is 6.07. The van der Waals surface area contributed by atoms with Crippen LogP contribution in [0.3, 0.4) is 0 Å². The minimum Gasteiger partial charge on any atom is -0.497 e. The average Bonchev–Trinajstić information content (AvgIpc) is 2.38. The Labute approximate surface area is 115 Å². The molecule has 0 spiro atoms. The third kappa shape index (κ3) is 5.08. The van der Waals surface area contributed by atoms with E-state index in [4.69, 9.17) is 9.47 Å². The zero-order chi connectivity index (χ0) is 14.3. The summed E-state index contributed by atoms with van der Waals surface area (Å²) in [5.74, 6) is 1.62. The lowest BCUT2D eigenvalue weighted by Gasteiger charge is -2.11. The Morgan fingerprint density at radius 3 is 2.53 bits per heavy atom.